The molecule has 0 fully saturated rings. The highest BCUT2D eigenvalue weighted by Gasteiger charge is 2.12. The SMILES string of the molecule is Cc1cc(C=O)ccc1Sc1ccc2c(c1)OCCO2. The van der Waals surface area contributed by atoms with E-state index < -0.39 is 0 Å². The first-order valence-corrected chi connectivity index (χ1v) is 7.21. The van der Waals surface area contributed by atoms with Gasteiger partial charge in [0.2, 0.25) is 0 Å². The van der Waals surface area contributed by atoms with Gasteiger partial charge in [0, 0.05) is 15.4 Å². The summed E-state index contributed by atoms with van der Waals surface area (Å²) >= 11 is 1.65. The summed E-state index contributed by atoms with van der Waals surface area (Å²) in [4.78, 5) is 13.0. The molecule has 3 rings (SSSR count). The molecule has 1 aliphatic rings. The number of aryl methyl sites for hydroxylation is 1. The fourth-order valence-electron chi connectivity index (χ4n) is 2.07. The fourth-order valence-corrected chi connectivity index (χ4v) is 2.99. The lowest BCUT2D eigenvalue weighted by Gasteiger charge is -2.18. The molecule has 0 saturated carbocycles. The van der Waals surface area contributed by atoms with Crippen molar-refractivity contribution in [3.05, 3.63) is 47.5 Å². The van der Waals surface area contributed by atoms with Crippen LogP contribution in [0.3, 0.4) is 0 Å². The summed E-state index contributed by atoms with van der Waals surface area (Å²) in [5.74, 6) is 1.59. The van der Waals surface area contributed by atoms with Gasteiger partial charge in [-0.2, -0.15) is 0 Å². The maximum Gasteiger partial charge on any atom is 0.162 e. The fraction of sp³-hybridized carbons (Fsp3) is 0.188. The van der Waals surface area contributed by atoms with Crippen LogP contribution in [0, 0.1) is 6.92 Å². The van der Waals surface area contributed by atoms with E-state index in [9.17, 15) is 4.79 Å². The standard InChI is InChI=1S/C16H14O3S/c1-11-8-12(10-17)2-5-16(11)20-13-3-4-14-15(9-13)19-7-6-18-14/h2-5,8-10H,6-7H2,1H3. The van der Waals surface area contributed by atoms with Crippen molar-refractivity contribution < 1.29 is 14.3 Å². The molecule has 0 radical (unpaired) electrons. The minimum absolute atomic E-state index is 0.591. The average Bonchev–Trinajstić information content (AvgIpc) is 2.49. The lowest BCUT2D eigenvalue weighted by Crippen LogP contribution is -2.15. The highest BCUT2D eigenvalue weighted by molar-refractivity contribution is 7.99. The van der Waals surface area contributed by atoms with Crippen molar-refractivity contribution in [3.8, 4) is 11.5 Å². The van der Waals surface area contributed by atoms with E-state index in [1.54, 1.807) is 11.8 Å². The zero-order valence-corrected chi connectivity index (χ0v) is 11.9. The lowest BCUT2D eigenvalue weighted by atomic mass is 10.2. The molecular weight excluding hydrogens is 272 g/mol. The van der Waals surface area contributed by atoms with E-state index in [1.807, 2.05) is 43.3 Å². The van der Waals surface area contributed by atoms with Crippen molar-refractivity contribution in [1.29, 1.82) is 0 Å². The van der Waals surface area contributed by atoms with E-state index in [4.69, 9.17) is 9.47 Å². The first-order chi connectivity index (χ1) is 9.76. The summed E-state index contributed by atoms with van der Waals surface area (Å²) in [6, 6.07) is 11.7. The first-order valence-electron chi connectivity index (χ1n) is 6.39. The first kappa shape index (κ1) is 13.1. The molecule has 3 nitrogen and oxygen atoms in total. The number of carbonyl (C=O) groups is 1. The Balaban J connectivity index is 1.86. The molecule has 0 aliphatic carbocycles. The van der Waals surface area contributed by atoms with Crippen LogP contribution in [0.25, 0.3) is 0 Å². The van der Waals surface area contributed by atoms with Gasteiger partial charge in [0.05, 0.1) is 0 Å². The molecule has 0 spiro atoms. The molecule has 0 aromatic heterocycles. The normalized spacial score (nSPS) is 13.1. The number of hydrogen-bond acceptors (Lipinski definition) is 4. The largest absolute Gasteiger partial charge is 0.486 e. The van der Waals surface area contributed by atoms with Gasteiger partial charge in [0.15, 0.2) is 11.5 Å². The predicted molar refractivity (Wildman–Crippen MR) is 78.1 cm³/mol. The van der Waals surface area contributed by atoms with Crippen molar-refractivity contribution in [2.45, 2.75) is 16.7 Å². The molecule has 0 atom stereocenters. The van der Waals surface area contributed by atoms with Gasteiger partial charge in [0.1, 0.15) is 19.5 Å². The van der Waals surface area contributed by atoms with Gasteiger partial charge in [-0.15, -0.1) is 0 Å². The number of ether oxygens (including phenoxy) is 2. The third-order valence-corrected chi connectivity index (χ3v) is 4.24. The smallest absolute Gasteiger partial charge is 0.162 e. The van der Waals surface area contributed by atoms with Crippen LogP contribution in [0.1, 0.15) is 15.9 Å². The highest BCUT2D eigenvalue weighted by atomic mass is 32.2. The van der Waals surface area contributed by atoms with Crippen molar-refractivity contribution in [2.24, 2.45) is 0 Å². The number of aldehydes is 1. The molecule has 0 saturated heterocycles. The zero-order chi connectivity index (χ0) is 13.9. The van der Waals surface area contributed by atoms with Crippen molar-refractivity contribution in [3.63, 3.8) is 0 Å². The van der Waals surface area contributed by atoms with E-state index in [0.717, 1.165) is 33.1 Å². The Morgan fingerprint density at radius 1 is 1.05 bits per heavy atom. The molecule has 1 heterocycles. The Hall–Kier alpha value is -1.94. The van der Waals surface area contributed by atoms with Crippen molar-refractivity contribution in [1.82, 2.24) is 0 Å². The minimum Gasteiger partial charge on any atom is -0.486 e. The number of carbonyl (C=O) groups excluding carboxylic acids is 1. The van der Waals surface area contributed by atoms with Gasteiger partial charge < -0.3 is 9.47 Å². The average molecular weight is 286 g/mol. The van der Waals surface area contributed by atoms with Crippen LogP contribution in [0.15, 0.2) is 46.2 Å². The van der Waals surface area contributed by atoms with Gasteiger partial charge in [0.25, 0.3) is 0 Å². The topological polar surface area (TPSA) is 35.5 Å². The molecule has 0 bridgehead atoms. The number of hydrogen-bond donors (Lipinski definition) is 0. The van der Waals surface area contributed by atoms with E-state index in [0.29, 0.717) is 18.8 Å². The van der Waals surface area contributed by atoms with Crippen LogP contribution < -0.4 is 9.47 Å². The van der Waals surface area contributed by atoms with E-state index in [2.05, 4.69) is 0 Å². The second kappa shape index (κ2) is 5.59. The second-order valence-electron chi connectivity index (χ2n) is 4.55. The molecule has 2 aromatic rings. The number of benzene rings is 2. The van der Waals surface area contributed by atoms with Gasteiger partial charge in [-0.1, -0.05) is 17.8 Å². The molecule has 1 aliphatic heterocycles. The van der Waals surface area contributed by atoms with E-state index in [-0.39, 0.29) is 0 Å². The molecule has 2 aromatic carbocycles. The van der Waals surface area contributed by atoms with Crippen molar-refractivity contribution in [2.75, 3.05) is 13.2 Å². The quantitative estimate of drug-likeness (QED) is 0.805. The summed E-state index contributed by atoms with van der Waals surface area (Å²) < 4.78 is 11.1. The molecule has 20 heavy (non-hydrogen) atoms. The maximum absolute atomic E-state index is 10.8. The minimum atomic E-state index is 0.591. The Labute approximate surface area is 121 Å². The highest BCUT2D eigenvalue weighted by Crippen LogP contribution is 2.37. The van der Waals surface area contributed by atoms with Crippen LogP contribution in [-0.4, -0.2) is 19.5 Å². The Morgan fingerprint density at radius 3 is 2.60 bits per heavy atom. The van der Waals surface area contributed by atoms with Crippen LogP contribution in [0.4, 0.5) is 0 Å². The second-order valence-corrected chi connectivity index (χ2v) is 5.67. The van der Waals surface area contributed by atoms with Gasteiger partial charge in [-0.25, -0.2) is 0 Å². The predicted octanol–water partition coefficient (Wildman–Crippen LogP) is 3.73. The number of fused-ring (bicyclic) bond motifs is 1. The summed E-state index contributed by atoms with van der Waals surface area (Å²) in [5, 5.41) is 0. The zero-order valence-electron chi connectivity index (χ0n) is 11.1. The van der Waals surface area contributed by atoms with Crippen LogP contribution in [0.2, 0.25) is 0 Å². The van der Waals surface area contributed by atoms with Gasteiger partial charge >= 0.3 is 0 Å². The molecular formula is C16H14O3S. The monoisotopic (exact) mass is 286 g/mol. The molecule has 0 amide bonds. The van der Waals surface area contributed by atoms with E-state index in [1.165, 1.54) is 0 Å². The Kier molecular flexibility index (Phi) is 3.65. The molecule has 0 unspecified atom stereocenters. The Bertz CT molecular complexity index is 652. The van der Waals surface area contributed by atoms with Crippen LogP contribution >= 0.6 is 11.8 Å². The molecule has 102 valence electrons. The third kappa shape index (κ3) is 2.65. The van der Waals surface area contributed by atoms with Gasteiger partial charge in [-0.05, 0) is 42.8 Å². The van der Waals surface area contributed by atoms with Crippen LogP contribution in [0.5, 0.6) is 11.5 Å². The summed E-state index contributed by atoms with van der Waals surface area (Å²) in [7, 11) is 0. The van der Waals surface area contributed by atoms with E-state index >= 15 is 0 Å². The molecule has 4 heteroatoms. The summed E-state index contributed by atoms with van der Waals surface area (Å²) in [5.41, 5.74) is 1.79. The summed E-state index contributed by atoms with van der Waals surface area (Å²) in [6.45, 7) is 3.20. The van der Waals surface area contributed by atoms with Crippen LogP contribution in [-0.2, 0) is 0 Å². The maximum atomic E-state index is 10.8. The van der Waals surface area contributed by atoms with Crippen molar-refractivity contribution >= 4 is 18.0 Å². The molecule has 0 N–H and O–H groups in total. The lowest BCUT2D eigenvalue weighted by molar-refractivity contribution is 0.112. The summed E-state index contributed by atoms with van der Waals surface area (Å²) in [6.07, 6.45) is 0.867. The third-order valence-electron chi connectivity index (χ3n) is 3.08. The van der Waals surface area contributed by atoms with Gasteiger partial charge in [-0.3, -0.25) is 4.79 Å². The number of rotatable bonds is 3. The Morgan fingerprint density at radius 2 is 1.85 bits per heavy atom.